The van der Waals surface area contributed by atoms with Gasteiger partial charge in [0.2, 0.25) is 5.95 Å². The zero-order valence-corrected chi connectivity index (χ0v) is 8.65. The van der Waals surface area contributed by atoms with E-state index in [1.807, 2.05) is 0 Å². The number of hydrogen-bond acceptors (Lipinski definition) is 3. The maximum Gasteiger partial charge on any atom is 0.213 e. The van der Waals surface area contributed by atoms with Crippen LogP contribution in [0.2, 0.25) is 0 Å². The molecule has 0 spiro atoms. The van der Waals surface area contributed by atoms with Gasteiger partial charge in [-0.2, -0.15) is 4.39 Å². The molecule has 1 aromatic heterocycles. The molecular formula is C11H14FNO2. The lowest BCUT2D eigenvalue weighted by Crippen LogP contribution is -2.17. The van der Waals surface area contributed by atoms with Gasteiger partial charge in [-0.1, -0.05) is 0 Å². The number of halogens is 1. The average Bonchev–Trinajstić information content (AvgIpc) is 2.64. The molecule has 0 radical (unpaired) electrons. The number of hydrogen-bond donors (Lipinski definition) is 0. The summed E-state index contributed by atoms with van der Waals surface area (Å²) in [6.45, 7) is 2.57. The molecule has 0 amide bonds. The van der Waals surface area contributed by atoms with Gasteiger partial charge in [-0.15, -0.1) is 0 Å². The van der Waals surface area contributed by atoms with Crippen LogP contribution in [0.25, 0.3) is 0 Å². The molecule has 0 aliphatic carbocycles. The first kappa shape index (κ1) is 10.4. The largest absolute Gasteiger partial charge is 0.489 e. The topological polar surface area (TPSA) is 31.4 Å². The smallest absolute Gasteiger partial charge is 0.213 e. The molecule has 2 unspecified atom stereocenters. The van der Waals surface area contributed by atoms with E-state index in [0.717, 1.165) is 12.8 Å². The predicted molar refractivity (Wildman–Crippen MR) is 53.3 cm³/mol. The second-order valence-electron chi connectivity index (χ2n) is 3.77. The molecule has 2 heterocycles. The standard InChI is InChI=1S/C11H14FNO2/c1-8-2-3-10(15-8)7-14-9-4-5-11(12)13-6-9/h4-6,8,10H,2-3,7H2,1H3. The number of ether oxygens (including phenoxy) is 2. The number of pyridine rings is 1. The fourth-order valence-electron chi connectivity index (χ4n) is 1.64. The normalized spacial score (nSPS) is 25.5. The van der Waals surface area contributed by atoms with Crippen molar-refractivity contribution in [1.29, 1.82) is 0 Å². The van der Waals surface area contributed by atoms with Crippen molar-refractivity contribution in [3.8, 4) is 5.75 Å². The summed E-state index contributed by atoms with van der Waals surface area (Å²) in [7, 11) is 0. The Bertz CT molecular complexity index is 315. The summed E-state index contributed by atoms with van der Waals surface area (Å²) in [4.78, 5) is 3.51. The second-order valence-corrected chi connectivity index (χ2v) is 3.77. The monoisotopic (exact) mass is 211 g/mol. The van der Waals surface area contributed by atoms with E-state index in [9.17, 15) is 4.39 Å². The van der Waals surface area contributed by atoms with Gasteiger partial charge in [0.25, 0.3) is 0 Å². The van der Waals surface area contributed by atoms with Crippen LogP contribution in [0.3, 0.4) is 0 Å². The van der Waals surface area contributed by atoms with Crippen molar-refractivity contribution < 1.29 is 13.9 Å². The highest BCUT2D eigenvalue weighted by Gasteiger charge is 2.22. The van der Waals surface area contributed by atoms with Crippen LogP contribution in [-0.2, 0) is 4.74 Å². The van der Waals surface area contributed by atoms with Crippen molar-refractivity contribution in [2.75, 3.05) is 6.61 Å². The van der Waals surface area contributed by atoms with Crippen LogP contribution in [0.4, 0.5) is 4.39 Å². The van der Waals surface area contributed by atoms with Crippen molar-refractivity contribution in [3.63, 3.8) is 0 Å². The fraction of sp³-hybridized carbons (Fsp3) is 0.545. The number of rotatable bonds is 3. The van der Waals surface area contributed by atoms with Crippen molar-refractivity contribution in [2.24, 2.45) is 0 Å². The van der Waals surface area contributed by atoms with Crippen LogP contribution < -0.4 is 4.74 Å². The van der Waals surface area contributed by atoms with E-state index in [4.69, 9.17) is 9.47 Å². The molecule has 82 valence electrons. The third kappa shape index (κ3) is 2.89. The molecule has 1 fully saturated rings. The van der Waals surface area contributed by atoms with Crippen molar-refractivity contribution in [3.05, 3.63) is 24.3 Å². The van der Waals surface area contributed by atoms with Gasteiger partial charge in [0.05, 0.1) is 18.4 Å². The van der Waals surface area contributed by atoms with E-state index < -0.39 is 5.95 Å². The van der Waals surface area contributed by atoms with Crippen molar-refractivity contribution in [1.82, 2.24) is 4.98 Å². The molecular weight excluding hydrogens is 197 g/mol. The Balaban J connectivity index is 1.80. The number of nitrogens with zero attached hydrogens (tertiary/aromatic N) is 1. The summed E-state index contributed by atoms with van der Waals surface area (Å²) in [5.74, 6) is 0.0904. The van der Waals surface area contributed by atoms with E-state index in [1.54, 1.807) is 6.07 Å². The van der Waals surface area contributed by atoms with Crippen LogP contribution in [0, 0.1) is 5.95 Å². The van der Waals surface area contributed by atoms with Crippen LogP contribution in [0.1, 0.15) is 19.8 Å². The van der Waals surface area contributed by atoms with E-state index in [1.165, 1.54) is 12.3 Å². The second kappa shape index (κ2) is 4.57. The molecule has 0 N–H and O–H groups in total. The van der Waals surface area contributed by atoms with E-state index >= 15 is 0 Å². The lowest BCUT2D eigenvalue weighted by Gasteiger charge is -2.12. The molecule has 2 atom stereocenters. The summed E-state index contributed by atoms with van der Waals surface area (Å²) < 4.78 is 23.5. The maximum atomic E-state index is 12.5. The summed E-state index contributed by atoms with van der Waals surface area (Å²) >= 11 is 0. The Kier molecular flexibility index (Phi) is 3.16. The molecule has 0 saturated carbocycles. The fourth-order valence-corrected chi connectivity index (χ4v) is 1.64. The first-order valence-electron chi connectivity index (χ1n) is 5.14. The van der Waals surface area contributed by atoms with Crippen LogP contribution in [0.15, 0.2) is 18.3 Å². The average molecular weight is 211 g/mol. The quantitative estimate of drug-likeness (QED) is 0.718. The van der Waals surface area contributed by atoms with Crippen LogP contribution >= 0.6 is 0 Å². The first-order valence-corrected chi connectivity index (χ1v) is 5.14. The SMILES string of the molecule is CC1CCC(COc2ccc(F)nc2)O1. The van der Waals surface area contributed by atoms with Crippen LogP contribution in [-0.4, -0.2) is 23.8 Å². The molecule has 2 rings (SSSR count). The van der Waals surface area contributed by atoms with E-state index in [2.05, 4.69) is 11.9 Å². The minimum absolute atomic E-state index is 0.157. The summed E-state index contributed by atoms with van der Waals surface area (Å²) in [6, 6.07) is 2.86. The first-order chi connectivity index (χ1) is 7.24. The Labute approximate surface area is 88.2 Å². The highest BCUT2D eigenvalue weighted by Crippen LogP contribution is 2.20. The minimum atomic E-state index is -0.493. The predicted octanol–water partition coefficient (Wildman–Crippen LogP) is 2.17. The van der Waals surface area contributed by atoms with Crippen molar-refractivity contribution >= 4 is 0 Å². The Hall–Kier alpha value is -1.16. The molecule has 1 saturated heterocycles. The molecule has 15 heavy (non-hydrogen) atoms. The van der Waals surface area contributed by atoms with Crippen LogP contribution in [0.5, 0.6) is 5.75 Å². The molecule has 0 bridgehead atoms. The van der Waals surface area contributed by atoms with Gasteiger partial charge in [-0.3, -0.25) is 0 Å². The van der Waals surface area contributed by atoms with Crippen molar-refractivity contribution in [2.45, 2.75) is 32.0 Å². The minimum Gasteiger partial charge on any atom is -0.489 e. The molecule has 1 aliphatic rings. The third-order valence-electron chi connectivity index (χ3n) is 2.46. The van der Waals surface area contributed by atoms with Gasteiger partial charge in [-0.05, 0) is 31.9 Å². The lowest BCUT2D eigenvalue weighted by atomic mass is 10.2. The van der Waals surface area contributed by atoms with E-state index in [0.29, 0.717) is 18.5 Å². The Morgan fingerprint density at radius 3 is 3.00 bits per heavy atom. The molecule has 4 heteroatoms. The van der Waals surface area contributed by atoms with Gasteiger partial charge in [0.1, 0.15) is 12.4 Å². The van der Waals surface area contributed by atoms with Gasteiger partial charge in [0, 0.05) is 0 Å². The molecule has 3 nitrogen and oxygen atoms in total. The van der Waals surface area contributed by atoms with E-state index in [-0.39, 0.29) is 6.10 Å². The Morgan fingerprint density at radius 1 is 1.53 bits per heavy atom. The number of aromatic nitrogens is 1. The summed E-state index contributed by atoms with van der Waals surface area (Å²) in [6.07, 6.45) is 3.97. The lowest BCUT2D eigenvalue weighted by molar-refractivity contribution is 0.0263. The highest BCUT2D eigenvalue weighted by atomic mass is 19.1. The third-order valence-corrected chi connectivity index (χ3v) is 2.46. The van der Waals surface area contributed by atoms with Gasteiger partial charge < -0.3 is 9.47 Å². The Morgan fingerprint density at radius 2 is 2.40 bits per heavy atom. The highest BCUT2D eigenvalue weighted by molar-refractivity contribution is 5.16. The van der Waals surface area contributed by atoms with Gasteiger partial charge >= 0.3 is 0 Å². The maximum absolute atomic E-state index is 12.5. The molecule has 1 aromatic rings. The molecule has 1 aliphatic heterocycles. The van der Waals surface area contributed by atoms with Gasteiger partial charge in [0.15, 0.2) is 0 Å². The zero-order valence-electron chi connectivity index (χ0n) is 8.65. The summed E-state index contributed by atoms with van der Waals surface area (Å²) in [5.41, 5.74) is 0. The van der Waals surface area contributed by atoms with Gasteiger partial charge in [-0.25, -0.2) is 4.98 Å². The molecule has 0 aromatic carbocycles. The zero-order chi connectivity index (χ0) is 10.7. The summed E-state index contributed by atoms with van der Waals surface area (Å²) in [5, 5.41) is 0.